The van der Waals surface area contributed by atoms with Crippen LogP contribution in [0.4, 0.5) is 5.95 Å². The van der Waals surface area contributed by atoms with Crippen molar-refractivity contribution in [1.29, 1.82) is 0 Å². The van der Waals surface area contributed by atoms with E-state index in [0.29, 0.717) is 5.88 Å². The molecule has 0 spiro atoms. The maximum atomic E-state index is 5.76. The number of anilines is 1. The fourth-order valence-electron chi connectivity index (χ4n) is 1.43. The Morgan fingerprint density at radius 1 is 1.12 bits per heavy atom. The van der Waals surface area contributed by atoms with Gasteiger partial charge in [-0.3, -0.25) is 0 Å². The van der Waals surface area contributed by atoms with Crippen LogP contribution >= 0.6 is 0 Å². The summed E-state index contributed by atoms with van der Waals surface area (Å²) in [5.41, 5.74) is 6.14. The first-order valence-electron chi connectivity index (χ1n) is 5.17. The lowest BCUT2D eigenvalue weighted by molar-refractivity contribution is 0.126. The van der Waals surface area contributed by atoms with Gasteiger partial charge in [-0.15, -0.1) is 0 Å². The smallest absolute Gasteiger partial charge is 0.226 e. The van der Waals surface area contributed by atoms with Gasteiger partial charge in [0.2, 0.25) is 11.8 Å². The predicted octanol–water partition coefficient (Wildman–Crippen LogP) is 2.39. The second-order valence-corrected chi connectivity index (χ2v) is 4.62. The minimum absolute atomic E-state index is 0.234. The molecular formula is C12H15N3O. The Morgan fingerprint density at radius 2 is 1.81 bits per heavy atom. The summed E-state index contributed by atoms with van der Waals surface area (Å²) in [6, 6.07) is 7.66. The SMILES string of the molecule is CC(C)(C)Oc1nc(N)nc2ccccc12. The summed E-state index contributed by atoms with van der Waals surface area (Å²) in [4.78, 5) is 8.28. The van der Waals surface area contributed by atoms with E-state index in [9.17, 15) is 0 Å². The zero-order valence-electron chi connectivity index (χ0n) is 9.69. The lowest BCUT2D eigenvalue weighted by Crippen LogP contribution is -2.24. The summed E-state index contributed by atoms with van der Waals surface area (Å²) < 4.78 is 5.76. The molecule has 0 amide bonds. The van der Waals surface area contributed by atoms with Crippen molar-refractivity contribution in [2.45, 2.75) is 26.4 Å². The number of aromatic nitrogens is 2. The summed E-state index contributed by atoms with van der Waals surface area (Å²) in [7, 11) is 0. The van der Waals surface area contributed by atoms with Crippen LogP contribution in [0.3, 0.4) is 0 Å². The van der Waals surface area contributed by atoms with Crippen molar-refractivity contribution >= 4 is 16.9 Å². The molecule has 4 heteroatoms. The third-order valence-corrected chi connectivity index (χ3v) is 1.99. The molecule has 2 rings (SSSR count). The van der Waals surface area contributed by atoms with Crippen LogP contribution in [-0.2, 0) is 0 Å². The van der Waals surface area contributed by atoms with Crippen molar-refractivity contribution in [3.8, 4) is 5.88 Å². The van der Waals surface area contributed by atoms with Gasteiger partial charge in [-0.2, -0.15) is 4.98 Å². The second-order valence-electron chi connectivity index (χ2n) is 4.62. The first-order chi connectivity index (χ1) is 7.46. The molecule has 4 nitrogen and oxygen atoms in total. The molecule has 1 heterocycles. The van der Waals surface area contributed by atoms with Gasteiger partial charge < -0.3 is 10.5 Å². The summed E-state index contributed by atoms with van der Waals surface area (Å²) >= 11 is 0. The Balaban J connectivity index is 2.59. The van der Waals surface area contributed by atoms with E-state index in [0.717, 1.165) is 10.9 Å². The highest BCUT2D eigenvalue weighted by Gasteiger charge is 2.15. The third kappa shape index (κ3) is 2.21. The van der Waals surface area contributed by atoms with E-state index in [4.69, 9.17) is 10.5 Å². The van der Waals surface area contributed by atoms with Gasteiger partial charge in [0.05, 0.1) is 10.9 Å². The maximum absolute atomic E-state index is 5.76. The highest BCUT2D eigenvalue weighted by Crippen LogP contribution is 2.25. The number of fused-ring (bicyclic) bond motifs is 1. The van der Waals surface area contributed by atoms with Crippen molar-refractivity contribution in [2.75, 3.05) is 5.73 Å². The third-order valence-electron chi connectivity index (χ3n) is 1.99. The molecule has 0 unspecified atom stereocenters. The molecule has 0 saturated carbocycles. The molecule has 0 atom stereocenters. The number of nitrogens with zero attached hydrogens (tertiary/aromatic N) is 2. The summed E-state index contributed by atoms with van der Waals surface area (Å²) in [6.45, 7) is 5.92. The quantitative estimate of drug-likeness (QED) is 0.796. The molecule has 0 fully saturated rings. The van der Waals surface area contributed by atoms with Crippen LogP contribution < -0.4 is 10.5 Å². The standard InChI is InChI=1S/C12H15N3O/c1-12(2,3)16-10-8-6-4-5-7-9(8)14-11(13)15-10/h4-7H,1-3H3,(H2,13,14,15). The molecule has 16 heavy (non-hydrogen) atoms. The van der Waals surface area contributed by atoms with Crippen LogP contribution in [0, 0.1) is 0 Å². The fraction of sp³-hybridized carbons (Fsp3) is 0.333. The van der Waals surface area contributed by atoms with Gasteiger partial charge in [0.1, 0.15) is 5.60 Å². The van der Waals surface area contributed by atoms with Gasteiger partial charge in [0, 0.05) is 0 Å². The van der Waals surface area contributed by atoms with E-state index in [2.05, 4.69) is 9.97 Å². The van der Waals surface area contributed by atoms with Crippen LogP contribution in [-0.4, -0.2) is 15.6 Å². The minimum Gasteiger partial charge on any atom is -0.471 e. The highest BCUT2D eigenvalue weighted by atomic mass is 16.5. The zero-order chi connectivity index (χ0) is 11.8. The van der Waals surface area contributed by atoms with Crippen LogP contribution in [0.15, 0.2) is 24.3 Å². The number of nitrogens with two attached hydrogens (primary N) is 1. The van der Waals surface area contributed by atoms with Crippen LogP contribution in [0.25, 0.3) is 10.9 Å². The van der Waals surface area contributed by atoms with Crippen molar-refractivity contribution in [3.05, 3.63) is 24.3 Å². The Labute approximate surface area is 94.5 Å². The molecule has 84 valence electrons. The normalized spacial score (nSPS) is 11.7. The zero-order valence-corrected chi connectivity index (χ0v) is 9.69. The first-order valence-corrected chi connectivity index (χ1v) is 5.17. The van der Waals surface area contributed by atoms with Crippen molar-refractivity contribution < 1.29 is 4.74 Å². The average molecular weight is 217 g/mol. The number of hydrogen-bond donors (Lipinski definition) is 1. The lowest BCUT2D eigenvalue weighted by Gasteiger charge is -2.21. The molecule has 0 aliphatic heterocycles. The van der Waals surface area contributed by atoms with Gasteiger partial charge in [0.25, 0.3) is 0 Å². The van der Waals surface area contributed by atoms with E-state index >= 15 is 0 Å². The van der Waals surface area contributed by atoms with E-state index in [-0.39, 0.29) is 11.5 Å². The van der Waals surface area contributed by atoms with Crippen molar-refractivity contribution in [2.24, 2.45) is 0 Å². The topological polar surface area (TPSA) is 61.0 Å². The lowest BCUT2D eigenvalue weighted by atomic mass is 10.2. The monoisotopic (exact) mass is 217 g/mol. The van der Waals surface area contributed by atoms with E-state index in [1.807, 2.05) is 45.0 Å². The summed E-state index contributed by atoms with van der Waals surface area (Å²) in [6.07, 6.45) is 0. The first kappa shape index (κ1) is 10.7. The molecular weight excluding hydrogens is 202 g/mol. The molecule has 1 aromatic carbocycles. The van der Waals surface area contributed by atoms with Crippen LogP contribution in [0.5, 0.6) is 5.88 Å². The number of ether oxygens (including phenoxy) is 1. The van der Waals surface area contributed by atoms with E-state index in [1.54, 1.807) is 0 Å². The minimum atomic E-state index is -0.302. The molecule has 2 N–H and O–H groups in total. The predicted molar refractivity (Wildman–Crippen MR) is 64.3 cm³/mol. The van der Waals surface area contributed by atoms with Gasteiger partial charge >= 0.3 is 0 Å². The van der Waals surface area contributed by atoms with Gasteiger partial charge in [0.15, 0.2) is 0 Å². The molecule has 2 aromatic rings. The number of hydrogen-bond acceptors (Lipinski definition) is 4. The van der Waals surface area contributed by atoms with Crippen LogP contribution in [0.1, 0.15) is 20.8 Å². The Hall–Kier alpha value is -1.84. The molecule has 0 saturated heterocycles. The number of nitrogen functional groups attached to an aromatic ring is 1. The Kier molecular flexibility index (Phi) is 2.42. The number of benzene rings is 1. The van der Waals surface area contributed by atoms with Crippen molar-refractivity contribution in [3.63, 3.8) is 0 Å². The van der Waals surface area contributed by atoms with E-state index in [1.165, 1.54) is 0 Å². The molecule has 0 bridgehead atoms. The van der Waals surface area contributed by atoms with Gasteiger partial charge in [-0.1, -0.05) is 12.1 Å². The van der Waals surface area contributed by atoms with Crippen molar-refractivity contribution in [1.82, 2.24) is 9.97 Å². The molecule has 0 aliphatic rings. The molecule has 1 aromatic heterocycles. The number of rotatable bonds is 1. The summed E-state index contributed by atoms with van der Waals surface area (Å²) in [5, 5.41) is 0.881. The Morgan fingerprint density at radius 3 is 2.50 bits per heavy atom. The Bertz CT molecular complexity index is 517. The average Bonchev–Trinajstić information content (AvgIpc) is 2.14. The maximum Gasteiger partial charge on any atom is 0.226 e. The highest BCUT2D eigenvalue weighted by molar-refractivity contribution is 5.84. The summed E-state index contributed by atoms with van der Waals surface area (Å²) in [5.74, 6) is 0.772. The molecule has 0 radical (unpaired) electrons. The fourth-order valence-corrected chi connectivity index (χ4v) is 1.43. The van der Waals surface area contributed by atoms with Gasteiger partial charge in [-0.25, -0.2) is 4.98 Å². The van der Waals surface area contributed by atoms with E-state index < -0.39 is 0 Å². The molecule has 0 aliphatic carbocycles. The van der Waals surface area contributed by atoms with Crippen LogP contribution in [0.2, 0.25) is 0 Å². The number of para-hydroxylation sites is 1. The largest absolute Gasteiger partial charge is 0.471 e. The van der Waals surface area contributed by atoms with Gasteiger partial charge in [-0.05, 0) is 32.9 Å². The second kappa shape index (κ2) is 3.63.